The smallest absolute Gasteiger partial charge is 0.343 e. The van der Waals surface area contributed by atoms with E-state index in [2.05, 4.69) is 26.0 Å². The van der Waals surface area contributed by atoms with Crippen LogP contribution in [0.1, 0.15) is 131 Å². The van der Waals surface area contributed by atoms with Crippen molar-refractivity contribution in [1.82, 2.24) is 0 Å². The summed E-state index contributed by atoms with van der Waals surface area (Å²) in [5.41, 5.74) is 4.07. The minimum Gasteiger partial charge on any atom is -0.459 e. The number of esters is 2. The van der Waals surface area contributed by atoms with Gasteiger partial charge in [0.1, 0.15) is 5.75 Å². The molecule has 0 heterocycles. The van der Waals surface area contributed by atoms with E-state index in [-0.39, 0.29) is 12.1 Å². The Labute approximate surface area is 264 Å². The van der Waals surface area contributed by atoms with Crippen LogP contribution in [0, 0.1) is 0 Å². The van der Waals surface area contributed by atoms with Crippen LogP contribution in [0.15, 0.2) is 66.7 Å². The van der Waals surface area contributed by atoms with E-state index in [4.69, 9.17) is 21.1 Å². The van der Waals surface area contributed by atoms with Gasteiger partial charge in [0, 0.05) is 5.02 Å². The van der Waals surface area contributed by atoms with E-state index in [1.54, 1.807) is 36.4 Å². The third kappa shape index (κ3) is 12.2. The Bertz CT molecular complexity index is 1250. The van der Waals surface area contributed by atoms with E-state index in [0.717, 1.165) is 48.3 Å². The summed E-state index contributed by atoms with van der Waals surface area (Å²) in [6, 6.07) is 20.0. The van der Waals surface area contributed by atoms with Crippen LogP contribution in [0.5, 0.6) is 5.75 Å². The molecule has 232 valence electrons. The third-order valence-electron chi connectivity index (χ3n) is 7.88. The molecule has 4 nitrogen and oxygen atoms in total. The van der Waals surface area contributed by atoms with Gasteiger partial charge in [0.15, 0.2) is 0 Å². The first kappa shape index (κ1) is 34.4. The number of halogens is 1. The van der Waals surface area contributed by atoms with Crippen LogP contribution >= 0.6 is 11.6 Å². The Balaban J connectivity index is 1.46. The highest BCUT2D eigenvalue weighted by molar-refractivity contribution is 6.31. The summed E-state index contributed by atoms with van der Waals surface area (Å²) in [5.74, 6) is -0.448. The highest BCUT2D eigenvalue weighted by atomic mass is 35.5. The minimum atomic E-state index is -0.457. The second-order valence-corrected chi connectivity index (χ2v) is 12.0. The van der Waals surface area contributed by atoms with Crippen molar-refractivity contribution in [3.05, 3.63) is 88.4 Å². The van der Waals surface area contributed by atoms with Crippen molar-refractivity contribution in [3.63, 3.8) is 0 Å². The fourth-order valence-corrected chi connectivity index (χ4v) is 5.45. The molecule has 0 aliphatic rings. The third-order valence-corrected chi connectivity index (χ3v) is 8.23. The lowest BCUT2D eigenvalue weighted by Crippen LogP contribution is -2.15. The molecule has 3 aromatic carbocycles. The van der Waals surface area contributed by atoms with Gasteiger partial charge in [0.2, 0.25) is 0 Å². The van der Waals surface area contributed by atoms with Gasteiger partial charge in [-0.25, -0.2) is 9.59 Å². The van der Waals surface area contributed by atoms with Crippen molar-refractivity contribution in [2.75, 3.05) is 0 Å². The lowest BCUT2D eigenvalue weighted by Gasteiger charge is -2.13. The first-order valence-corrected chi connectivity index (χ1v) is 16.7. The lowest BCUT2D eigenvalue weighted by atomic mass is 9.99. The van der Waals surface area contributed by atoms with Crippen LogP contribution in [-0.4, -0.2) is 18.0 Å². The van der Waals surface area contributed by atoms with E-state index in [1.165, 1.54) is 63.4 Å². The van der Waals surface area contributed by atoms with Crippen molar-refractivity contribution < 1.29 is 19.1 Å². The second-order valence-electron chi connectivity index (χ2n) is 11.6. The van der Waals surface area contributed by atoms with Crippen LogP contribution in [-0.2, 0) is 11.2 Å². The zero-order valence-electron chi connectivity index (χ0n) is 26.3. The van der Waals surface area contributed by atoms with Gasteiger partial charge in [-0.05, 0) is 91.8 Å². The van der Waals surface area contributed by atoms with Crippen molar-refractivity contribution >= 4 is 23.5 Å². The number of unbranched alkanes of at least 4 members (excludes halogenated alkanes) is 10. The zero-order chi connectivity index (χ0) is 30.9. The van der Waals surface area contributed by atoms with Gasteiger partial charge in [-0.2, -0.15) is 0 Å². The molecule has 0 fully saturated rings. The standard InChI is InChI=1S/C38H49ClO4/c1-4-6-8-10-11-12-13-15-17-31-20-23-34(28-36(31)39)30-18-21-32(22-19-30)38(41)43-35-26-24-33(25-27-35)37(40)42-29(3)16-14-9-7-5-2/h18-29H,4-17H2,1-3H3. The predicted molar refractivity (Wildman–Crippen MR) is 178 cm³/mol. The fourth-order valence-electron chi connectivity index (χ4n) is 5.17. The first-order valence-electron chi connectivity index (χ1n) is 16.3. The highest BCUT2D eigenvalue weighted by Crippen LogP contribution is 2.28. The number of hydrogen-bond acceptors (Lipinski definition) is 4. The Hall–Kier alpha value is -3.11. The molecule has 0 aromatic heterocycles. The molecule has 0 saturated heterocycles. The van der Waals surface area contributed by atoms with Crippen LogP contribution < -0.4 is 4.74 Å². The Morgan fingerprint density at radius 3 is 1.81 bits per heavy atom. The number of hydrogen-bond donors (Lipinski definition) is 0. The van der Waals surface area contributed by atoms with Crippen LogP contribution in [0.4, 0.5) is 0 Å². The average molecular weight is 605 g/mol. The Morgan fingerprint density at radius 2 is 1.19 bits per heavy atom. The molecule has 0 saturated carbocycles. The zero-order valence-corrected chi connectivity index (χ0v) is 27.1. The van der Waals surface area contributed by atoms with E-state index >= 15 is 0 Å². The molecule has 5 heteroatoms. The average Bonchev–Trinajstić information content (AvgIpc) is 3.01. The van der Waals surface area contributed by atoms with Gasteiger partial charge < -0.3 is 9.47 Å². The van der Waals surface area contributed by atoms with Crippen LogP contribution in [0.3, 0.4) is 0 Å². The van der Waals surface area contributed by atoms with Crippen LogP contribution in [0.2, 0.25) is 5.02 Å². The molecule has 1 atom stereocenters. The number of carbonyl (C=O) groups is 2. The summed E-state index contributed by atoms with van der Waals surface area (Å²) in [6.45, 7) is 6.35. The summed E-state index contributed by atoms with van der Waals surface area (Å²) >= 11 is 6.63. The number of carbonyl (C=O) groups excluding carboxylic acids is 2. The highest BCUT2D eigenvalue weighted by Gasteiger charge is 2.14. The molecule has 43 heavy (non-hydrogen) atoms. The Morgan fingerprint density at radius 1 is 0.651 bits per heavy atom. The van der Waals surface area contributed by atoms with Gasteiger partial charge >= 0.3 is 11.9 Å². The van der Waals surface area contributed by atoms with Gasteiger partial charge in [-0.1, -0.05) is 114 Å². The number of ether oxygens (including phenoxy) is 2. The maximum atomic E-state index is 12.7. The summed E-state index contributed by atoms with van der Waals surface area (Å²) in [4.78, 5) is 25.2. The van der Waals surface area contributed by atoms with E-state index in [9.17, 15) is 9.59 Å². The summed E-state index contributed by atoms with van der Waals surface area (Å²) < 4.78 is 11.1. The van der Waals surface area contributed by atoms with Gasteiger partial charge in [-0.15, -0.1) is 0 Å². The normalized spacial score (nSPS) is 11.7. The largest absolute Gasteiger partial charge is 0.459 e. The molecular formula is C38H49ClO4. The molecule has 0 radical (unpaired) electrons. The number of aryl methyl sites for hydroxylation is 1. The molecule has 0 N–H and O–H groups in total. The number of rotatable bonds is 19. The second kappa shape index (κ2) is 19.2. The molecule has 1 unspecified atom stereocenters. The predicted octanol–water partition coefficient (Wildman–Crippen LogP) is 11.4. The molecule has 0 aliphatic heterocycles. The molecule has 0 bridgehead atoms. The maximum absolute atomic E-state index is 12.7. The van der Waals surface area contributed by atoms with Gasteiger partial charge in [0.05, 0.1) is 17.2 Å². The van der Waals surface area contributed by atoms with Crippen molar-refractivity contribution in [3.8, 4) is 16.9 Å². The summed E-state index contributed by atoms with van der Waals surface area (Å²) in [7, 11) is 0. The molecule has 3 aromatic rings. The summed E-state index contributed by atoms with van der Waals surface area (Å²) in [6.07, 6.45) is 16.7. The van der Waals surface area contributed by atoms with Crippen LogP contribution in [0.25, 0.3) is 11.1 Å². The fraction of sp³-hybridized carbons (Fsp3) is 0.474. The molecule has 0 aliphatic carbocycles. The monoisotopic (exact) mass is 604 g/mol. The van der Waals surface area contributed by atoms with E-state index in [0.29, 0.717) is 16.9 Å². The number of benzene rings is 3. The quantitative estimate of drug-likeness (QED) is 0.0775. The lowest BCUT2D eigenvalue weighted by molar-refractivity contribution is 0.0319. The maximum Gasteiger partial charge on any atom is 0.343 e. The van der Waals surface area contributed by atoms with Gasteiger partial charge in [-0.3, -0.25) is 0 Å². The minimum absolute atomic E-state index is 0.126. The Kier molecular flexibility index (Phi) is 15.4. The SMILES string of the molecule is CCCCCCCCCCc1ccc(-c2ccc(C(=O)Oc3ccc(C(=O)OC(C)CCCCCC)cc3)cc2)cc1Cl. The topological polar surface area (TPSA) is 52.6 Å². The molecule has 0 amide bonds. The van der Waals surface area contributed by atoms with Gasteiger partial charge in [0.25, 0.3) is 0 Å². The van der Waals surface area contributed by atoms with Crippen molar-refractivity contribution in [2.45, 2.75) is 117 Å². The van der Waals surface area contributed by atoms with E-state index in [1.807, 2.05) is 25.1 Å². The molecule has 0 spiro atoms. The van der Waals surface area contributed by atoms with Crippen molar-refractivity contribution in [2.24, 2.45) is 0 Å². The first-order chi connectivity index (χ1) is 20.9. The summed E-state index contributed by atoms with van der Waals surface area (Å²) in [5, 5.41) is 0.790. The molecular weight excluding hydrogens is 556 g/mol. The van der Waals surface area contributed by atoms with Crippen molar-refractivity contribution in [1.29, 1.82) is 0 Å². The van der Waals surface area contributed by atoms with E-state index < -0.39 is 5.97 Å². The molecule has 3 rings (SSSR count).